The fourth-order valence-corrected chi connectivity index (χ4v) is 4.77. The summed E-state index contributed by atoms with van der Waals surface area (Å²) in [5, 5.41) is 10.4. The molecule has 30 heavy (non-hydrogen) atoms. The largest absolute Gasteiger partial charge is 0.511 e. The fourth-order valence-electron chi connectivity index (χ4n) is 3.74. The molecule has 2 aromatic rings. The van der Waals surface area contributed by atoms with Gasteiger partial charge in [0.05, 0.1) is 5.56 Å². The van der Waals surface area contributed by atoms with E-state index < -0.39 is 23.8 Å². The Kier molecular flexibility index (Phi) is 6.22. The van der Waals surface area contributed by atoms with Crippen molar-refractivity contribution in [1.29, 1.82) is 0 Å². The van der Waals surface area contributed by atoms with Gasteiger partial charge >= 0.3 is 12.1 Å². The monoisotopic (exact) mass is 436 g/mol. The second kappa shape index (κ2) is 8.38. The summed E-state index contributed by atoms with van der Waals surface area (Å²) in [6.45, 7) is 7.56. The number of carbonyl (C=O) groups excluding carboxylic acids is 1. The first kappa shape index (κ1) is 22.3. The maximum absolute atomic E-state index is 12.7. The van der Waals surface area contributed by atoms with Gasteiger partial charge in [0.15, 0.2) is 0 Å². The van der Waals surface area contributed by atoms with Crippen molar-refractivity contribution >= 4 is 23.3 Å². The summed E-state index contributed by atoms with van der Waals surface area (Å²) in [4.78, 5) is 13.4. The number of ether oxygens (including phenoxy) is 1. The van der Waals surface area contributed by atoms with E-state index in [1.807, 2.05) is 39.8 Å². The van der Waals surface area contributed by atoms with Crippen LogP contribution in [0.4, 0.5) is 13.2 Å². The van der Waals surface area contributed by atoms with Crippen molar-refractivity contribution in [2.75, 3.05) is 0 Å². The molecule has 0 amide bonds. The standard InChI is InChI=1S/C23H23F3O3S/c1-12-9-13(2)20(14(3)10-12)21-18(27)11-19(29-22(21)28)15(4)30-17-7-5-16(6-8-17)23(24,25)26/h5-10,15,19,27H,11H2,1-4H3. The quantitative estimate of drug-likeness (QED) is 0.445. The van der Waals surface area contributed by atoms with Gasteiger partial charge in [-0.2, -0.15) is 13.2 Å². The number of benzene rings is 2. The Hall–Kier alpha value is -2.41. The van der Waals surface area contributed by atoms with Crippen LogP contribution in [0.3, 0.4) is 0 Å². The van der Waals surface area contributed by atoms with Crippen LogP contribution in [0.5, 0.6) is 0 Å². The van der Waals surface area contributed by atoms with Crippen LogP contribution in [0.2, 0.25) is 0 Å². The van der Waals surface area contributed by atoms with Crippen LogP contribution < -0.4 is 0 Å². The summed E-state index contributed by atoms with van der Waals surface area (Å²) in [5.41, 5.74) is 3.00. The molecule has 3 nitrogen and oxygen atoms in total. The first-order chi connectivity index (χ1) is 14.0. The molecule has 1 N–H and O–H groups in total. The summed E-state index contributed by atoms with van der Waals surface area (Å²) >= 11 is 1.30. The molecule has 0 saturated heterocycles. The number of thioether (sulfide) groups is 1. The molecule has 160 valence electrons. The lowest BCUT2D eigenvalue weighted by atomic mass is 9.90. The van der Waals surface area contributed by atoms with Gasteiger partial charge in [0.1, 0.15) is 17.4 Å². The van der Waals surface area contributed by atoms with E-state index in [0.717, 1.165) is 28.8 Å². The zero-order valence-corrected chi connectivity index (χ0v) is 17.9. The van der Waals surface area contributed by atoms with E-state index in [1.54, 1.807) is 0 Å². The number of halogens is 3. The summed E-state index contributed by atoms with van der Waals surface area (Å²) in [6.07, 6.45) is -4.81. The molecule has 0 aromatic heterocycles. The third kappa shape index (κ3) is 4.67. The average Bonchev–Trinajstić information content (AvgIpc) is 2.62. The lowest BCUT2D eigenvalue weighted by Gasteiger charge is -2.29. The van der Waals surface area contributed by atoms with Crippen molar-refractivity contribution in [3.8, 4) is 0 Å². The van der Waals surface area contributed by atoms with Crippen LogP contribution in [-0.2, 0) is 15.7 Å². The summed E-state index contributed by atoms with van der Waals surface area (Å²) < 4.78 is 43.8. The minimum absolute atomic E-state index is 0.0221. The van der Waals surface area contributed by atoms with Crippen molar-refractivity contribution in [3.63, 3.8) is 0 Å². The number of aryl methyl sites for hydroxylation is 3. The Balaban J connectivity index is 1.79. The van der Waals surface area contributed by atoms with Crippen LogP contribution in [0.15, 0.2) is 47.1 Å². The SMILES string of the molecule is Cc1cc(C)c(C2=C(O)CC(C(C)Sc3ccc(C(F)(F)F)cc3)OC2=O)c(C)c1. The normalized spacial score (nSPS) is 18.4. The average molecular weight is 436 g/mol. The minimum Gasteiger partial charge on any atom is -0.511 e. The number of cyclic esters (lactones) is 1. The molecule has 2 unspecified atom stereocenters. The Morgan fingerprint density at radius 2 is 1.67 bits per heavy atom. The molecular weight excluding hydrogens is 413 g/mol. The van der Waals surface area contributed by atoms with E-state index in [0.29, 0.717) is 10.5 Å². The maximum atomic E-state index is 12.7. The number of hydrogen-bond donors (Lipinski definition) is 1. The number of aliphatic hydroxyl groups excluding tert-OH is 1. The molecular formula is C23H23F3O3S. The maximum Gasteiger partial charge on any atom is 0.416 e. The van der Waals surface area contributed by atoms with Crippen LogP contribution in [0.25, 0.3) is 5.57 Å². The molecule has 7 heteroatoms. The highest BCUT2D eigenvalue weighted by Crippen LogP contribution is 2.37. The lowest BCUT2D eigenvalue weighted by Crippen LogP contribution is -2.33. The van der Waals surface area contributed by atoms with Crippen LogP contribution in [-0.4, -0.2) is 22.4 Å². The molecule has 0 radical (unpaired) electrons. The predicted molar refractivity (Wildman–Crippen MR) is 111 cm³/mol. The molecule has 1 heterocycles. The van der Waals surface area contributed by atoms with Crippen molar-refractivity contribution in [1.82, 2.24) is 0 Å². The number of carbonyl (C=O) groups is 1. The summed E-state index contributed by atoms with van der Waals surface area (Å²) in [5.74, 6) is -0.607. The molecule has 1 aliphatic rings. The fraction of sp³-hybridized carbons (Fsp3) is 0.348. The smallest absolute Gasteiger partial charge is 0.416 e. The van der Waals surface area contributed by atoms with Gasteiger partial charge < -0.3 is 9.84 Å². The van der Waals surface area contributed by atoms with Gasteiger partial charge in [0, 0.05) is 16.6 Å². The van der Waals surface area contributed by atoms with Crippen LogP contribution in [0.1, 0.15) is 41.2 Å². The number of rotatable bonds is 4. The third-order valence-corrected chi connectivity index (χ3v) is 6.32. The van der Waals surface area contributed by atoms with Gasteiger partial charge in [-0.1, -0.05) is 17.7 Å². The number of hydrogen-bond acceptors (Lipinski definition) is 4. The molecule has 0 saturated carbocycles. The Morgan fingerprint density at radius 1 is 1.10 bits per heavy atom. The highest BCUT2D eigenvalue weighted by molar-refractivity contribution is 8.00. The van der Waals surface area contributed by atoms with Crippen molar-refractivity contribution < 1.29 is 27.8 Å². The predicted octanol–water partition coefficient (Wildman–Crippen LogP) is 6.40. The number of alkyl halides is 3. The van der Waals surface area contributed by atoms with Crippen molar-refractivity contribution in [2.45, 2.75) is 56.5 Å². The van der Waals surface area contributed by atoms with Crippen LogP contribution in [0, 0.1) is 20.8 Å². The zero-order valence-electron chi connectivity index (χ0n) is 17.1. The molecule has 0 spiro atoms. The third-order valence-electron chi connectivity index (χ3n) is 5.10. The second-order valence-electron chi connectivity index (χ2n) is 7.59. The van der Waals surface area contributed by atoms with Gasteiger partial charge in [-0.05, 0) is 68.7 Å². The van der Waals surface area contributed by atoms with E-state index in [1.165, 1.54) is 23.9 Å². The molecule has 2 aromatic carbocycles. The number of aliphatic hydroxyl groups is 1. The van der Waals surface area contributed by atoms with Gasteiger partial charge in [0.25, 0.3) is 0 Å². The van der Waals surface area contributed by atoms with E-state index in [9.17, 15) is 23.1 Å². The Labute approximate surface area is 177 Å². The number of esters is 1. The summed E-state index contributed by atoms with van der Waals surface area (Å²) in [6, 6.07) is 8.75. The van der Waals surface area contributed by atoms with E-state index in [4.69, 9.17) is 4.74 Å². The van der Waals surface area contributed by atoms with Gasteiger partial charge in [-0.25, -0.2) is 4.79 Å². The highest BCUT2D eigenvalue weighted by Gasteiger charge is 2.35. The highest BCUT2D eigenvalue weighted by atomic mass is 32.2. The minimum atomic E-state index is -4.38. The van der Waals surface area contributed by atoms with Crippen molar-refractivity contribution in [3.05, 3.63) is 70.0 Å². The lowest BCUT2D eigenvalue weighted by molar-refractivity contribution is -0.143. The van der Waals surface area contributed by atoms with Crippen LogP contribution >= 0.6 is 11.8 Å². The van der Waals surface area contributed by atoms with E-state index >= 15 is 0 Å². The first-order valence-corrected chi connectivity index (χ1v) is 10.4. The molecule has 0 fully saturated rings. The Bertz CT molecular complexity index is 971. The first-order valence-electron chi connectivity index (χ1n) is 9.52. The molecule has 3 rings (SSSR count). The van der Waals surface area contributed by atoms with Gasteiger partial charge in [-0.3, -0.25) is 0 Å². The topological polar surface area (TPSA) is 46.5 Å². The van der Waals surface area contributed by atoms with E-state index in [2.05, 4.69) is 0 Å². The molecule has 0 aliphatic carbocycles. The van der Waals surface area contributed by atoms with Gasteiger partial charge in [-0.15, -0.1) is 11.8 Å². The van der Waals surface area contributed by atoms with Gasteiger partial charge in [0.2, 0.25) is 0 Å². The van der Waals surface area contributed by atoms with E-state index in [-0.39, 0.29) is 23.0 Å². The summed E-state index contributed by atoms with van der Waals surface area (Å²) in [7, 11) is 0. The van der Waals surface area contributed by atoms with Crippen molar-refractivity contribution in [2.24, 2.45) is 0 Å². The molecule has 0 bridgehead atoms. The second-order valence-corrected chi connectivity index (χ2v) is 9.04. The molecule has 1 aliphatic heterocycles. The molecule has 2 atom stereocenters. The Morgan fingerprint density at radius 3 is 2.17 bits per heavy atom. The zero-order chi connectivity index (χ0) is 22.2.